The first-order valence-corrected chi connectivity index (χ1v) is 6.06. The lowest BCUT2D eigenvalue weighted by atomic mass is 10.0. The zero-order valence-corrected chi connectivity index (χ0v) is 10.6. The lowest BCUT2D eigenvalue weighted by Gasteiger charge is -2.14. The zero-order chi connectivity index (χ0) is 12.4. The number of pyridine rings is 1. The fourth-order valence-corrected chi connectivity index (χ4v) is 2.12. The van der Waals surface area contributed by atoms with Gasteiger partial charge in [-0.1, -0.05) is 39.0 Å². The molecule has 3 nitrogen and oxygen atoms in total. The molecule has 0 aliphatic heterocycles. The Bertz CT molecular complexity index is 532. The highest BCUT2D eigenvalue weighted by molar-refractivity contribution is 5.85. The van der Waals surface area contributed by atoms with E-state index in [1.807, 2.05) is 0 Å². The molecular formula is C14H19N3. The number of nitrogens with one attached hydrogen (secondary N) is 1. The molecule has 90 valence electrons. The van der Waals surface area contributed by atoms with Crippen LogP contribution in [0.3, 0.4) is 0 Å². The van der Waals surface area contributed by atoms with Crippen LogP contribution in [0.1, 0.15) is 37.9 Å². The Kier molecular flexibility index (Phi) is 3.29. The van der Waals surface area contributed by atoms with Crippen molar-refractivity contribution in [1.82, 2.24) is 4.98 Å². The van der Waals surface area contributed by atoms with E-state index in [0.29, 0.717) is 5.92 Å². The Hall–Kier alpha value is -1.61. The average molecular weight is 229 g/mol. The summed E-state index contributed by atoms with van der Waals surface area (Å²) in [6.45, 7) is 6.41. The van der Waals surface area contributed by atoms with E-state index in [1.165, 1.54) is 5.56 Å². The maximum absolute atomic E-state index is 5.56. The van der Waals surface area contributed by atoms with Gasteiger partial charge in [0, 0.05) is 5.39 Å². The molecule has 0 unspecified atom stereocenters. The van der Waals surface area contributed by atoms with Gasteiger partial charge in [-0.05, 0) is 24.0 Å². The van der Waals surface area contributed by atoms with E-state index >= 15 is 0 Å². The first-order valence-electron chi connectivity index (χ1n) is 6.06. The first kappa shape index (κ1) is 11.9. The van der Waals surface area contributed by atoms with Crippen LogP contribution in [0.2, 0.25) is 0 Å². The molecule has 0 bridgehead atoms. The van der Waals surface area contributed by atoms with Crippen molar-refractivity contribution in [2.75, 3.05) is 5.43 Å². The number of nitrogens with zero attached hydrogens (tertiary/aromatic N) is 1. The van der Waals surface area contributed by atoms with Crippen LogP contribution >= 0.6 is 0 Å². The first-order chi connectivity index (χ1) is 8.17. The minimum atomic E-state index is 0.357. The molecular weight excluding hydrogens is 210 g/mol. The maximum atomic E-state index is 5.56. The van der Waals surface area contributed by atoms with E-state index in [4.69, 9.17) is 10.8 Å². The minimum absolute atomic E-state index is 0.357. The molecule has 17 heavy (non-hydrogen) atoms. The number of rotatable bonds is 3. The molecule has 0 aliphatic rings. The fourth-order valence-electron chi connectivity index (χ4n) is 2.12. The minimum Gasteiger partial charge on any atom is -0.322 e. The topological polar surface area (TPSA) is 50.9 Å². The van der Waals surface area contributed by atoms with Crippen molar-refractivity contribution in [3.63, 3.8) is 0 Å². The van der Waals surface area contributed by atoms with Crippen LogP contribution in [-0.4, -0.2) is 4.98 Å². The van der Waals surface area contributed by atoms with Crippen LogP contribution in [0, 0.1) is 0 Å². The van der Waals surface area contributed by atoms with E-state index in [-0.39, 0.29) is 0 Å². The zero-order valence-electron chi connectivity index (χ0n) is 10.6. The Morgan fingerprint density at radius 3 is 2.71 bits per heavy atom. The summed E-state index contributed by atoms with van der Waals surface area (Å²) in [6.07, 6.45) is 0.997. The van der Waals surface area contributed by atoms with Crippen LogP contribution in [0.4, 0.5) is 5.69 Å². The number of para-hydroxylation sites is 1. The third kappa shape index (κ3) is 2.11. The number of nitrogen functional groups attached to an aromatic ring is 1. The number of aryl methyl sites for hydroxylation is 1. The number of nitrogens with two attached hydrogens (primary N) is 1. The van der Waals surface area contributed by atoms with E-state index in [0.717, 1.165) is 28.7 Å². The van der Waals surface area contributed by atoms with Crippen molar-refractivity contribution in [3.05, 3.63) is 35.5 Å². The second-order valence-corrected chi connectivity index (χ2v) is 4.56. The van der Waals surface area contributed by atoms with Gasteiger partial charge in [-0.25, -0.2) is 0 Å². The number of aromatic nitrogens is 1. The Morgan fingerprint density at radius 2 is 2.12 bits per heavy atom. The van der Waals surface area contributed by atoms with Gasteiger partial charge in [0.15, 0.2) is 0 Å². The lowest BCUT2D eigenvalue weighted by Crippen LogP contribution is -2.11. The average Bonchev–Trinajstić information content (AvgIpc) is 2.36. The summed E-state index contributed by atoms with van der Waals surface area (Å²) in [5.41, 5.74) is 7.07. The normalized spacial score (nSPS) is 11.1. The van der Waals surface area contributed by atoms with Gasteiger partial charge in [0.1, 0.15) is 0 Å². The molecule has 0 fully saturated rings. The molecule has 3 heteroatoms. The predicted octanol–water partition coefficient (Wildman–Crippen LogP) is 3.21. The molecule has 1 heterocycles. The lowest BCUT2D eigenvalue weighted by molar-refractivity contribution is 0.830. The van der Waals surface area contributed by atoms with Crippen molar-refractivity contribution in [3.8, 4) is 0 Å². The van der Waals surface area contributed by atoms with Crippen molar-refractivity contribution < 1.29 is 0 Å². The van der Waals surface area contributed by atoms with Crippen LogP contribution in [0.25, 0.3) is 10.9 Å². The van der Waals surface area contributed by atoms with Gasteiger partial charge >= 0.3 is 0 Å². The summed E-state index contributed by atoms with van der Waals surface area (Å²) in [5.74, 6) is 5.92. The van der Waals surface area contributed by atoms with Gasteiger partial charge < -0.3 is 5.43 Å². The number of hydrogen-bond donors (Lipinski definition) is 2. The fraction of sp³-hybridized carbons (Fsp3) is 0.357. The van der Waals surface area contributed by atoms with Gasteiger partial charge in [-0.3, -0.25) is 10.8 Å². The molecule has 3 N–H and O–H groups in total. The summed E-state index contributed by atoms with van der Waals surface area (Å²) < 4.78 is 0. The molecule has 0 saturated carbocycles. The third-order valence-electron chi connectivity index (χ3n) is 3.04. The third-order valence-corrected chi connectivity index (χ3v) is 3.04. The molecule has 0 spiro atoms. The quantitative estimate of drug-likeness (QED) is 0.627. The second kappa shape index (κ2) is 4.72. The van der Waals surface area contributed by atoms with Crippen molar-refractivity contribution in [2.45, 2.75) is 33.1 Å². The summed E-state index contributed by atoms with van der Waals surface area (Å²) in [6, 6.07) is 8.36. The van der Waals surface area contributed by atoms with Gasteiger partial charge in [0.25, 0.3) is 0 Å². The summed E-state index contributed by atoms with van der Waals surface area (Å²) in [4.78, 5) is 4.77. The van der Waals surface area contributed by atoms with Gasteiger partial charge in [-0.15, -0.1) is 0 Å². The maximum Gasteiger partial charge on any atom is 0.0738 e. The summed E-state index contributed by atoms with van der Waals surface area (Å²) in [7, 11) is 0. The Labute approximate surface area is 102 Å². The largest absolute Gasteiger partial charge is 0.322 e. The SMILES string of the molecule is CCc1cccc2cc(NN)c(C(C)C)nc12. The highest BCUT2D eigenvalue weighted by Crippen LogP contribution is 2.27. The Balaban J connectivity index is 2.74. The van der Waals surface area contributed by atoms with E-state index in [9.17, 15) is 0 Å². The van der Waals surface area contributed by atoms with Crippen LogP contribution < -0.4 is 11.3 Å². The number of benzene rings is 1. The van der Waals surface area contributed by atoms with Crippen molar-refractivity contribution >= 4 is 16.6 Å². The van der Waals surface area contributed by atoms with Crippen LogP contribution in [-0.2, 0) is 6.42 Å². The van der Waals surface area contributed by atoms with Gasteiger partial charge in [-0.2, -0.15) is 0 Å². The van der Waals surface area contributed by atoms with Crippen LogP contribution in [0.5, 0.6) is 0 Å². The van der Waals surface area contributed by atoms with Crippen molar-refractivity contribution in [2.24, 2.45) is 5.84 Å². The molecule has 2 aromatic rings. The van der Waals surface area contributed by atoms with Crippen molar-refractivity contribution in [1.29, 1.82) is 0 Å². The van der Waals surface area contributed by atoms with Gasteiger partial charge in [0.05, 0.1) is 16.9 Å². The van der Waals surface area contributed by atoms with E-state index < -0.39 is 0 Å². The van der Waals surface area contributed by atoms with E-state index in [1.54, 1.807) is 0 Å². The Morgan fingerprint density at radius 1 is 1.35 bits per heavy atom. The molecule has 0 radical (unpaired) electrons. The summed E-state index contributed by atoms with van der Waals surface area (Å²) >= 11 is 0. The number of anilines is 1. The smallest absolute Gasteiger partial charge is 0.0738 e. The molecule has 0 aliphatic carbocycles. The standard InChI is InChI=1S/C14H19N3/c1-4-10-6-5-7-11-8-12(17-15)13(9(2)3)16-14(10)11/h5-9,17H,4,15H2,1-3H3. The molecule has 0 saturated heterocycles. The predicted molar refractivity (Wildman–Crippen MR) is 73.0 cm³/mol. The molecule has 2 rings (SSSR count). The summed E-state index contributed by atoms with van der Waals surface area (Å²) in [5, 5.41) is 1.14. The number of hydrazine groups is 1. The highest BCUT2D eigenvalue weighted by Gasteiger charge is 2.11. The molecule has 0 amide bonds. The highest BCUT2D eigenvalue weighted by atomic mass is 15.2. The number of hydrogen-bond acceptors (Lipinski definition) is 3. The van der Waals surface area contributed by atoms with Crippen LogP contribution in [0.15, 0.2) is 24.3 Å². The molecule has 1 aromatic carbocycles. The molecule has 0 atom stereocenters. The second-order valence-electron chi connectivity index (χ2n) is 4.56. The van der Waals surface area contributed by atoms with E-state index in [2.05, 4.69) is 50.5 Å². The molecule has 1 aromatic heterocycles. The van der Waals surface area contributed by atoms with Gasteiger partial charge in [0.2, 0.25) is 0 Å². The number of fused-ring (bicyclic) bond motifs is 1. The monoisotopic (exact) mass is 229 g/mol.